The first-order chi connectivity index (χ1) is 11.6. The Bertz CT molecular complexity index is 580. The predicted octanol–water partition coefficient (Wildman–Crippen LogP) is 3.82. The molecule has 1 aromatic carbocycles. The van der Waals surface area contributed by atoms with Crippen molar-refractivity contribution in [2.45, 2.75) is 51.9 Å². The zero-order valence-electron chi connectivity index (χ0n) is 14.1. The van der Waals surface area contributed by atoms with Crippen molar-refractivity contribution in [2.24, 2.45) is 5.92 Å². The third-order valence-corrected chi connectivity index (χ3v) is 4.32. The first-order valence-electron chi connectivity index (χ1n) is 8.60. The second-order valence-electron chi connectivity index (χ2n) is 6.15. The molecule has 0 atom stereocenters. The molecule has 1 saturated carbocycles. The molecule has 3 N–H and O–H groups in total. The molecule has 24 heavy (non-hydrogen) atoms. The lowest BCUT2D eigenvalue weighted by Gasteiger charge is -2.21. The Hall–Kier alpha value is -1.95. The van der Waals surface area contributed by atoms with Gasteiger partial charge in [0.15, 0.2) is 5.11 Å². The minimum atomic E-state index is 0.00785. The number of nitrogens with one attached hydrogen (secondary N) is 3. The average molecular weight is 347 g/mol. The van der Waals surface area contributed by atoms with E-state index in [4.69, 9.17) is 12.2 Å². The molecule has 0 unspecified atom stereocenters. The highest BCUT2D eigenvalue weighted by Gasteiger charge is 2.21. The van der Waals surface area contributed by atoms with Gasteiger partial charge in [0.25, 0.3) is 0 Å². The van der Waals surface area contributed by atoms with Gasteiger partial charge in [0.2, 0.25) is 11.8 Å². The molecule has 0 spiro atoms. The van der Waals surface area contributed by atoms with E-state index in [1.807, 2.05) is 31.2 Å². The zero-order chi connectivity index (χ0) is 17.4. The monoisotopic (exact) mass is 347 g/mol. The normalized spacial score (nSPS) is 14.7. The molecule has 5 nitrogen and oxygen atoms in total. The lowest BCUT2D eigenvalue weighted by molar-refractivity contribution is -0.124. The summed E-state index contributed by atoms with van der Waals surface area (Å²) in [5.74, 6) is 0.0961. The molecule has 0 aromatic heterocycles. The number of carbonyl (C=O) groups excluding carboxylic acids is 2. The summed E-state index contributed by atoms with van der Waals surface area (Å²) in [4.78, 5) is 23.7. The van der Waals surface area contributed by atoms with E-state index in [-0.39, 0.29) is 17.7 Å². The van der Waals surface area contributed by atoms with Crippen molar-refractivity contribution in [1.29, 1.82) is 0 Å². The van der Waals surface area contributed by atoms with Gasteiger partial charge in [0, 0.05) is 23.7 Å². The Morgan fingerprint density at radius 1 is 1.04 bits per heavy atom. The molecule has 0 aliphatic heterocycles. The number of anilines is 2. The van der Waals surface area contributed by atoms with Crippen LogP contribution < -0.4 is 16.0 Å². The van der Waals surface area contributed by atoms with Crippen molar-refractivity contribution in [3.8, 4) is 0 Å². The Kier molecular flexibility index (Phi) is 7.18. The molecule has 0 heterocycles. The fourth-order valence-electron chi connectivity index (χ4n) is 2.83. The smallest absolute Gasteiger partial charge is 0.229 e. The molecule has 1 aliphatic rings. The Morgan fingerprint density at radius 2 is 1.62 bits per heavy atom. The number of rotatable bonds is 5. The number of hydrogen-bond donors (Lipinski definition) is 3. The van der Waals surface area contributed by atoms with E-state index < -0.39 is 0 Å². The summed E-state index contributed by atoms with van der Waals surface area (Å²) in [6.45, 7) is 1.97. The van der Waals surface area contributed by atoms with Crippen LogP contribution in [0.2, 0.25) is 0 Å². The summed E-state index contributed by atoms with van der Waals surface area (Å²) >= 11 is 5.21. The maximum absolute atomic E-state index is 12.1. The van der Waals surface area contributed by atoms with Gasteiger partial charge in [-0.3, -0.25) is 9.59 Å². The Labute approximate surface area is 148 Å². The fourth-order valence-corrected chi connectivity index (χ4v) is 3.05. The van der Waals surface area contributed by atoms with E-state index in [1.165, 1.54) is 6.42 Å². The van der Waals surface area contributed by atoms with Crippen LogP contribution in [0.1, 0.15) is 51.9 Å². The Balaban J connectivity index is 1.81. The third kappa shape index (κ3) is 5.92. The van der Waals surface area contributed by atoms with Crippen LogP contribution in [-0.4, -0.2) is 16.9 Å². The molecular formula is C18H25N3O2S. The standard InChI is InChI=1S/C18H25N3O2S/c1-2-6-16(22)19-14-9-11-15(12-10-14)20-18(24)21-17(23)13-7-4-3-5-8-13/h9-13H,2-8H2,1H3,(H,19,22)(H2,20,21,23,24). The fraction of sp³-hybridized carbons (Fsp3) is 0.500. The summed E-state index contributed by atoms with van der Waals surface area (Å²) in [5, 5.41) is 8.92. The van der Waals surface area contributed by atoms with Gasteiger partial charge in [-0.2, -0.15) is 0 Å². The SMILES string of the molecule is CCCC(=O)Nc1ccc(NC(=S)NC(=O)C2CCCCC2)cc1. The van der Waals surface area contributed by atoms with Crippen LogP contribution in [0, 0.1) is 5.92 Å². The van der Waals surface area contributed by atoms with E-state index in [2.05, 4.69) is 16.0 Å². The van der Waals surface area contributed by atoms with E-state index in [0.29, 0.717) is 11.5 Å². The molecule has 2 rings (SSSR count). The van der Waals surface area contributed by atoms with Crippen molar-refractivity contribution in [3.63, 3.8) is 0 Å². The highest BCUT2D eigenvalue weighted by atomic mass is 32.1. The van der Waals surface area contributed by atoms with Crippen LogP contribution in [0.15, 0.2) is 24.3 Å². The van der Waals surface area contributed by atoms with Crippen molar-refractivity contribution < 1.29 is 9.59 Å². The molecule has 2 amide bonds. The quantitative estimate of drug-likeness (QED) is 0.708. The minimum Gasteiger partial charge on any atom is -0.332 e. The molecule has 130 valence electrons. The van der Waals surface area contributed by atoms with E-state index in [9.17, 15) is 9.59 Å². The van der Waals surface area contributed by atoms with Gasteiger partial charge in [-0.15, -0.1) is 0 Å². The van der Waals surface area contributed by atoms with Gasteiger partial charge in [-0.25, -0.2) is 0 Å². The van der Waals surface area contributed by atoms with Crippen LogP contribution in [0.4, 0.5) is 11.4 Å². The van der Waals surface area contributed by atoms with Gasteiger partial charge in [0.05, 0.1) is 0 Å². The lowest BCUT2D eigenvalue weighted by Crippen LogP contribution is -2.38. The first kappa shape index (κ1) is 18.4. The van der Waals surface area contributed by atoms with Crippen molar-refractivity contribution in [3.05, 3.63) is 24.3 Å². The molecule has 1 aliphatic carbocycles. The van der Waals surface area contributed by atoms with Crippen LogP contribution in [-0.2, 0) is 9.59 Å². The van der Waals surface area contributed by atoms with Gasteiger partial charge in [-0.05, 0) is 55.7 Å². The first-order valence-corrected chi connectivity index (χ1v) is 9.01. The minimum absolute atomic E-state index is 0.00785. The summed E-state index contributed by atoms with van der Waals surface area (Å²) in [6.07, 6.45) is 6.67. The van der Waals surface area contributed by atoms with Gasteiger partial charge in [0.1, 0.15) is 0 Å². The van der Waals surface area contributed by atoms with Crippen LogP contribution in [0.3, 0.4) is 0 Å². The van der Waals surface area contributed by atoms with Crippen LogP contribution in [0.5, 0.6) is 0 Å². The highest BCUT2D eigenvalue weighted by molar-refractivity contribution is 7.80. The number of benzene rings is 1. The number of carbonyl (C=O) groups is 2. The molecule has 1 aromatic rings. The number of thiocarbonyl (C=S) groups is 1. The largest absolute Gasteiger partial charge is 0.332 e. The number of hydrogen-bond acceptors (Lipinski definition) is 3. The van der Waals surface area contributed by atoms with Crippen molar-refractivity contribution in [2.75, 3.05) is 10.6 Å². The molecule has 0 bridgehead atoms. The topological polar surface area (TPSA) is 70.2 Å². The lowest BCUT2D eigenvalue weighted by atomic mass is 9.89. The summed E-state index contributed by atoms with van der Waals surface area (Å²) in [7, 11) is 0. The predicted molar refractivity (Wildman–Crippen MR) is 101 cm³/mol. The summed E-state index contributed by atoms with van der Waals surface area (Å²) in [6, 6.07) is 7.25. The molecule has 0 radical (unpaired) electrons. The van der Waals surface area contributed by atoms with E-state index in [1.54, 1.807) is 0 Å². The Morgan fingerprint density at radius 3 is 2.21 bits per heavy atom. The van der Waals surface area contributed by atoms with Crippen LogP contribution >= 0.6 is 12.2 Å². The van der Waals surface area contributed by atoms with Gasteiger partial charge < -0.3 is 16.0 Å². The summed E-state index contributed by atoms with van der Waals surface area (Å²) < 4.78 is 0. The van der Waals surface area contributed by atoms with Gasteiger partial charge >= 0.3 is 0 Å². The second kappa shape index (κ2) is 9.37. The zero-order valence-corrected chi connectivity index (χ0v) is 14.9. The van der Waals surface area contributed by atoms with Crippen molar-refractivity contribution >= 4 is 40.5 Å². The second-order valence-corrected chi connectivity index (χ2v) is 6.56. The summed E-state index contributed by atoms with van der Waals surface area (Å²) in [5.41, 5.74) is 1.52. The highest BCUT2D eigenvalue weighted by Crippen LogP contribution is 2.23. The number of amides is 2. The van der Waals surface area contributed by atoms with Crippen molar-refractivity contribution in [1.82, 2.24) is 5.32 Å². The molecule has 6 heteroatoms. The third-order valence-electron chi connectivity index (χ3n) is 4.12. The van der Waals surface area contributed by atoms with Crippen LogP contribution in [0.25, 0.3) is 0 Å². The van der Waals surface area contributed by atoms with E-state index >= 15 is 0 Å². The molecular weight excluding hydrogens is 322 g/mol. The maximum atomic E-state index is 12.1. The maximum Gasteiger partial charge on any atom is 0.229 e. The average Bonchev–Trinajstić information content (AvgIpc) is 2.57. The molecule has 0 saturated heterocycles. The van der Waals surface area contributed by atoms with E-state index in [0.717, 1.165) is 43.5 Å². The van der Waals surface area contributed by atoms with Gasteiger partial charge in [-0.1, -0.05) is 26.2 Å². The molecule has 1 fully saturated rings.